The molecule has 1 aliphatic carbocycles. The summed E-state index contributed by atoms with van der Waals surface area (Å²) in [6, 6.07) is 0.361. The molecule has 1 atom stereocenters. The third-order valence-electron chi connectivity index (χ3n) is 5.24. The summed E-state index contributed by atoms with van der Waals surface area (Å²) < 4.78 is 5.17. The highest BCUT2D eigenvalue weighted by Gasteiger charge is 2.26. The molecule has 24 heavy (non-hydrogen) atoms. The van der Waals surface area contributed by atoms with Crippen LogP contribution in [-0.4, -0.2) is 54.7 Å². The van der Waals surface area contributed by atoms with Crippen molar-refractivity contribution in [2.24, 2.45) is 5.92 Å². The van der Waals surface area contributed by atoms with Crippen LogP contribution in [-0.2, 0) is 6.54 Å². The van der Waals surface area contributed by atoms with E-state index in [9.17, 15) is 4.79 Å². The normalized spacial score (nSPS) is 17.1. The topological polar surface area (TPSA) is 61.6 Å². The van der Waals surface area contributed by atoms with Gasteiger partial charge in [-0.3, -0.25) is 0 Å². The number of urea groups is 1. The van der Waals surface area contributed by atoms with Crippen molar-refractivity contribution in [1.82, 2.24) is 20.3 Å². The Balaban J connectivity index is 1.88. The Kier molecular flexibility index (Phi) is 6.66. The first-order valence-electron chi connectivity index (χ1n) is 8.97. The first-order chi connectivity index (χ1) is 11.4. The Morgan fingerprint density at radius 1 is 1.25 bits per heavy atom. The number of nitrogens with zero attached hydrogens (tertiary/aromatic N) is 3. The lowest BCUT2D eigenvalue weighted by atomic mass is 9.83. The fourth-order valence-corrected chi connectivity index (χ4v) is 3.65. The second-order valence-corrected chi connectivity index (χ2v) is 7.27. The van der Waals surface area contributed by atoms with Gasteiger partial charge in [0.05, 0.1) is 12.2 Å². The molecular formula is C18H32N4O2. The van der Waals surface area contributed by atoms with Crippen molar-refractivity contribution in [3.63, 3.8) is 0 Å². The van der Waals surface area contributed by atoms with E-state index in [2.05, 4.69) is 29.5 Å². The molecule has 1 aliphatic rings. The van der Waals surface area contributed by atoms with Gasteiger partial charge in [-0.15, -0.1) is 0 Å². The number of carbonyl (C=O) groups is 1. The van der Waals surface area contributed by atoms with Crippen molar-refractivity contribution >= 4 is 6.03 Å². The smallest absolute Gasteiger partial charge is 0.317 e. The Hall–Kier alpha value is -1.56. The minimum Gasteiger partial charge on any atom is -0.361 e. The maximum absolute atomic E-state index is 12.4. The van der Waals surface area contributed by atoms with Gasteiger partial charge in [-0.05, 0) is 46.7 Å². The maximum Gasteiger partial charge on any atom is 0.317 e. The molecule has 6 heteroatoms. The Morgan fingerprint density at radius 3 is 2.46 bits per heavy atom. The van der Waals surface area contributed by atoms with Crippen LogP contribution < -0.4 is 5.32 Å². The summed E-state index contributed by atoms with van der Waals surface area (Å²) in [7, 11) is 6.03. The quantitative estimate of drug-likeness (QED) is 0.867. The van der Waals surface area contributed by atoms with E-state index in [0.29, 0.717) is 25.0 Å². The van der Waals surface area contributed by atoms with E-state index in [-0.39, 0.29) is 6.03 Å². The van der Waals surface area contributed by atoms with Crippen LogP contribution in [0, 0.1) is 19.8 Å². The van der Waals surface area contributed by atoms with Gasteiger partial charge in [-0.1, -0.05) is 24.4 Å². The van der Waals surface area contributed by atoms with Crippen molar-refractivity contribution in [1.29, 1.82) is 0 Å². The third kappa shape index (κ3) is 4.72. The molecule has 1 aromatic rings. The second kappa shape index (κ2) is 8.51. The lowest BCUT2D eigenvalue weighted by molar-refractivity contribution is 0.160. The third-order valence-corrected chi connectivity index (χ3v) is 5.24. The SMILES string of the molecule is Cc1noc(C)c1CN(C)C(=O)NC[C@@H](C1CCCCC1)N(C)C. The summed E-state index contributed by atoms with van der Waals surface area (Å²) >= 11 is 0. The Labute approximate surface area is 145 Å². The minimum atomic E-state index is -0.0438. The fraction of sp³-hybridized carbons (Fsp3) is 0.778. The number of aromatic nitrogens is 1. The van der Waals surface area contributed by atoms with E-state index in [1.165, 1.54) is 32.1 Å². The van der Waals surface area contributed by atoms with Crippen LogP contribution >= 0.6 is 0 Å². The average molecular weight is 336 g/mol. The summed E-state index contributed by atoms with van der Waals surface area (Å²) in [5, 5.41) is 7.05. The Bertz CT molecular complexity index is 516. The molecule has 136 valence electrons. The second-order valence-electron chi connectivity index (χ2n) is 7.27. The monoisotopic (exact) mass is 336 g/mol. The molecule has 0 aliphatic heterocycles. The van der Waals surface area contributed by atoms with Crippen LogP contribution in [0.2, 0.25) is 0 Å². The predicted molar refractivity (Wildman–Crippen MR) is 94.9 cm³/mol. The number of hydrogen-bond acceptors (Lipinski definition) is 4. The number of nitrogens with one attached hydrogen (secondary N) is 1. The van der Waals surface area contributed by atoms with Crippen molar-refractivity contribution in [3.8, 4) is 0 Å². The summed E-state index contributed by atoms with van der Waals surface area (Å²) in [4.78, 5) is 16.4. The molecule has 2 rings (SSSR count). The first kappa shape index (κ1) is 18.8. The molecule has 1 heterocycles. The Morgan fingerprint density at radius 2 is 1.92 bits per heavy atom. The predicted octanol–water partition coefficient (Wildman–Crippen LogP) is 2.94. The molecule has 0 radical (unpaired) electrons. The maximum atomic E-state index is 12.4. The molecular weight excluding hydrogens is 304 g/mol. The first-order valence-corrected chi connectivity index (χ1v) is 8.97. The number of carbonyl (C=O) groups excluding carboxylic acids is 1. The van der Waals surface area contributed by atoms with Gasteiger partial charge < -0.3 is 19.6 Å². The summed E-state index contributed by atoms with van der Waals surface area (Å²) in [5.74, 6) is 1.46. The van der Waals surface area contributed by atoms with E-state index >= 15 is 0 Å². The highest BCUT2D eigenvalue weighted by molar-refractivity contribution is 5.73. The molecule has 1 saturated carbocycles. The molecule has 2 amide bonds. The highest BCUT2D eigenvalue weighted by Crippen LogP contribution is 2.28. The van der Waals surface area contributed by atoms with Crippen LogP contribution in [0.4, 0.5) is 4.79 Å². The average Bonchev–Trinajstić information content (AvgIpc) is 2.87. The number of rotatable bonds is 6. The number of aryl methyl sites for hydroxylation is 2. The minimum absolute atomic E-state index is 0.0438. The summed E-state index contributed by atoms with van der Waals surface area (Å²) in [5.41, 5.74) is 1.84. The van der Waals surface area contributed by atoms with E-state index in [1.54, 1.807) is 4.90 Å². The number of amides is 2. The number of hydrogen-bond donors (Lipinski definition) is 1. The molecule has 6 nitrogen and oxygen atoms in total. The fourth-order valence-electron chi connectivity index (χ4n) is 3.65. The number of likely N-dealkylation sites (N-methyl/N-ethyl adjacent to an activating group) is 1. The highest BCUT2D eigenvalue weighted by atomic mass is 16.5. The van der Waals surface area contributed by atoms with Crippen LogP contribution in [0.5, 0.6) is 0 Å². The molecule has 1 aromatic heterocycles. The molecule has 1 N–H and O–H groups in total. The zero-order valence-corrected chi connectivity index (χ0v) is 15.8. The summed E-state index contributed by atoms with van der Waals surface area (Å²) in [6.07, 6.45) is 6.52. The zero-order chi connectivity index (χ0) is 17.7. The van der Waals surface area contributed by atoms with Crippen molar-refractivity contribution in [2.45, 2.75) is 58.5 Å². The van der Waals surface area contributed by atoms with Gasteiger partial charge in [0.15, 0.2) is 0 Å². The van der Waals surface area contributed by atoms with Crippen LogP contribution in [0.1, 0.15) is 49.1 Å². The molecule has 0 aromatic carbocycles. The van der Waals surface area contributed by atoms with Gasteiger partial charge >= 0.3 is 6.03 Å². The molecule has 0 spiro atoms. The van der Waals surface area contributed by atoms with Gasteiger partial charge in [-0.25, -0.2) is 4.79 Å². The van der Waals surface area contributed by atoms with E-state index < -0.39 is 0 Å². The van der Waals surface area contributed by atoms with Gasteiger partial charge in [0.2, 0.25) is 0 Å². The van der Waals surface area contributed by atoms with Gasteiger partial charge in [0.25, 0.3) is 0 Å². The molecule has 0 bridgehead atoms. The lowest BCUT2D eigenvalue weighted by Crippen LogP contribution is -2.48. The van der Waals surface area contributed by atoms with E-state index in [4.69, 9.17) is 4.52 Å². The van der Waals surface area contributed by atoms with Crippen molar-refractivity contribution in [2.75, 3.05) is 27.7 Å². The van der Waals surface area contributed by atoms with Gasteiger partial charge in [0, 0.05) is 25.2 Å². The van der Waals surface area contributed by atoms with Gasteiger partial charge in [-0.2, -0.15) is 0 Å². The van der Waals surface area contributed by atoms with Crippen LogP contribution in [0.25, 0.3) is 0 Å². The van der Waals surface area contributed by atoms with E-state index in [1.807, 2.05) is 20.9 Å². The molecule has 0 saturated heterocycles. The lowest BCUT2D eigenvalue weighted by Gasteiger charge is -2.35. The summed E-state index contributed by atoms with van der Waals surface area (Å²) in [6.45, 7) is 5.00. The zero-order valence-electron chi connectivity index (χ0n) is 15.8. The standard InChI is InChI=1S/C18H32N4O2/c1-13-16(14(2)24-20-13)12-22(5)18(23)19-11-17(21(3)4)15-9-7-6-8-10-15/h15,17H,6-12H2,1-5H3,(H,19,23)/t17-/m0/s1. The molecule has 1 fully saturated rings. The van der Waals surface area contributed by atoms with E-state index in [0.717, 1.165) is 17.0 Å². The van der Waals surface area contributed by atoms with Crippen molar-refractivity contribution in [3.05, 3.63) is 17.0 Å². The molecule has 0 unspecified atom stereocenters. The van der Waals surface area contributed by atoms with Gasteiger partial charge in [0.1, 0.15) is 5.76 Å². The largest absolute Gasteiger partial charge is 0.361 e. The van der Waals surface area contributed by atoms with Crippen LogP contribution in [0.3, 0.4) is 0 Å². The van der Waals surface area contributed by atoms with Crippen molar-refractivity contribution < 1.29 is 9.32 Å². The van der Waals surface area contributed by atoms with Crippen LogP contribution in [0.15, 0.2) is 4.52 Å².